The molecule has 7 nitrogen and oxygen atoms in total. The van der Waals surface area contributed by atoms with Crippen molar-refractivity contribution in [2.24, 2.45) is 0 Å². The molecule has 0 unspecified atom stereocenters. The van der Waals surface area contributed by atoms with Crippen LogP contribution in [0.3, 0.4) is 0 Å². The Labute approximate surface area is 146 Å². The van der Waals surface area contributed by atoms with E-state index in [1.165, 1.54) is 0 Å². The maximum atomic E-state index is 12.3. The predicted molar refractivity (Wildman–Crippen MR) is 93.4 cm³/mol. The number of nitrogens with zero attached hydrogens (tertiary/aromatic N) is 3. The Morgan fingerprint density at radius 3 is 2.80 bits per heavy atom. The molecule has 1 aliphatic rings. The number of hydrogen-bond acceptors (Lipinski definition) is 4. The van der Waals surface area contributed by atoms with Crippen LogP contribution in [0.1, 0.15) is 28.0 Å². The summed E-state index contributed by atoms with van der Waals surface area (Å²) in [5, 5.41) is 7.19. The maximum absolute atomic E-state index is 12.3. The van der Waals surface area contributed by atoms with E-state index in [0.717, 1.165) is 17.1 Å². The summed E-state index contributed by atoms with van der Waals surface area (Å²) in [7, 11) is 1.59. The molecular formula is C18H22N4O3. The molecule has 0 saturated heterocycles. The van der Waals surface area contributed by atoms with Crippen LogP contribution in [0.15, 0.2) is 30.3 Å². The Morgan fingerprint density at radius 1 is 1.32 bits per heavy atom. The predicted octanol–water partition coefficient (Wildman–Crippen LogP) is 1.50. The number of benzene rings is 1. The van der Waals surface area contributed by atoms with Crippen molar-refractivity contribution in [3.63, 3.8) is 0 Å². The standard InChI is InChI=1S/C18H22N4O3/c1-13-11-16-21(17(23)7-9-22(16)20-13)12-14-3-5-15(6-4-14)18(24)19-8-10-25-2/h3-6,11H,7-10,12H2,1-2H3,(H,19,24). The van der Waals surface area contributed by atoms with E-state index in [0.29, 0.717) is 38.2 Å². The largest absolute Gasteiger partial charge is 0.383 e. The number of anilines is 1. The van der Waals surface area contributed by atoms with Gasteiger partial charge in [0, 0.05) is 31.7 Å². The molecule has 1 aromatic carbocycles. The Hall–Kier alpha value is -2.67. The minimum atomic E-state index is -0.133. The molecule has 7 heteroatoms. The van der Waals surface area contributed by atoms with Gasteiger partial charge in [0.2, 0.25) is 5.91 Å². The summed E-state index contributed by atoms with van der Waals surface area (Å²) in [5.74, 6) is 0.787. The summed E-state index contributed by atoms with van der Waals surface area (Å²) in [4.78, 5) is 26.0. The topological polar surface area (TPSA) is 76.5 Å². The van der Waals surface area contributed by atoms with Gasteiger partial charge in [-0.2, -0.15) is 5.10 Å². The number of fused-ring (bicyclic) bond motifs is 1. The molecule has 2 amide bonds. The molecule has 0 radical (unpaired) electrons. The molecule has 2 heterocycles. The number of carbonyl (C=O) groups is 2. The van der Waals surface area contributed by atoms with Gasteiger partial charge in [-0.15, -0.1) is 0 Å². The zero-order valence-corrected chi connectivity index (χ0v) is 14.5. The van der Waals surface area contributed by atoms with Gasteiger partial charge in [-0.25, -0.2) is 4.68 Å². The number of rotatable bonds is 6. The highest BCUT2D eigenvalue weighted by molar-refractivity contribution is 5.95. The molecule has 0 fully saturated rings. The van der Waals surface area contributed by atoms with Crippen molar-refractivity contribution >= 4 is 17.6 Å². The van der Waals surface area contributed by atoms with E-state index >= 15 is 0 Å². The molecule has 132 valence electrons. The van der Waals surface area contributed by atoms with Crippen LogP contribution in [0.25, 0.3) is 0 Å². The number of nitrogens with one attached hydrogen (secondary N) is 1. The minimum Gasteiger partial charge on any atom is -0.383 e. The smallest absolute Gasteiger partial charge is 0.251 e. The third-order valence-electron chi connectivity index (χ3n) is 4.14. The quantitative estimate of drug-likeness (QED) is 0.807. The van der Waals surface area contributed by atoms with Gasteiger partial charge in [0.15, 0.2) is 0 Å². The lowest BCUT2D eigenvalue weighted by molar-refractivity contribution is -0.119. The lowest BCUT2D eigenvalue weighted by atomic mass is 10.1. The van der Waals surface area contributed by atoms with Crippen LogP contribution >= 0.6 is 0 Å². The third-order valence-corrected chi connectivity index (χ3v) is 4.14. The Morgan fingerprint density at radius 2 is 2.08 bits per heavy atom. The van der Waals surface area contributed by atoms with Crippen LogP contribution in [0.2, 0.25) is 0 Å². The van der Waals surface area contributed by atoms with Gasteiger partial charge in [0.1, 0.15) is 5.82 Å². The SMILES string of the molecule is COCCNC(=O)c1ccc(CN2C(=O)CCn3nc(C)cc32)cc1. The highest BCUT2D eigenvalue weighted by Gasteiger charge is 2.25. The van der Waals surface area contributed by atoms with Crippen LogP contribution in [0, 0.1) is 6.92 Å². The van der Waals surface area contributed by atoms with Gasteiger partial charge in [-0.1, -0.05) is 12.1 Å². The fraction of sp³-hybridized carbons (Fsp3) is 0.389. The highest BCUT2D eigenvalue weighted by Crippen LogP contribution is 2.24. The number of hydrogen-bond donors (Lipinski definition) is 1. The second-order valence-corrected chi connectivity index (χ2v) is 6.04. The first-order chi connectivity index (χ1) is 12.1. The van der Waals surface area contributed by atoms with E-state index in [1.807, 2.05) is 29.8 Å². The van der Waals surface area contributed by atoms with Gasteiger partial charge in [0.25, 0.3) is 5.91 Å². The summed E-state index contributed by atoms with van der Waals surface area (Å²) in [6.07, 6.45) is 0.452. The Bertz CT molecular complexity index is 767. The van der Waals surface area contributed by atoms with E-state index in [9.17, 15) is 9.59 Å². The van der Waals surface area contributed by atoms with Gasteiger partial charge in [-0.3, -0.25) is 14.5 Å². The maximum Gasteiger partial charge on any atom is 0.251 e. The van der Waals surface area contributed by atoms with Crippen LogP contribution in [-0.2, 0) is 22.6 Å². The number of aryl methyl sites for hydroxylation is 2. The van der Waals surface area contributed by atoms with Crippen LogP contribution in [-0.4, -0.2) is 41.9 Å². The normalized spacial score (nSPS) is 13.7. The zero-order chi connectivity index (χ0) is 17.8. The summed E-state index contributed by atoms with van der Waals surface area (Å²) in [6, 6.07) is 9.22. The summed E-state index contributed by atoms with van der Waals surface area (Å²) in [5.41, 5.74) is 2.46. The summed E-state index contributed by atoms with van der Waals surface area (Å²) in [6.45, 7) is 3.97. The van der Waals surface area contributed by atoms with Crippen molar-refractivity contribution in [2.45, 2.75) is 26.4 Å². The average molecular weight is 342 g/mol. The molecule has 0 aliphatic carbocycles. The molecule has 0 spiro atoms. The van der Waals surface area contributed by atoms with E-state index in [-0.39, 0.29) is 11.8 Å². The van der Waals surface area contributed by atoms with Gasteiger partial charge in [-0.05, 0) is 24.6 Å². The average Bonchev–Trinajstić information content (AvgIpc) is 2.99. The molecule has 1 aromatic heterocycles. The highest BCUT2D eigenvalue weighted by atomic mass is 16.5. The third kappa shape index (κ3) is 3.88. The van der Waals surface area contributed by atoms with Gasteiger partial charge >= 0.3 is 0 Å². The van der Waals surface area contributed by atoms with Crippen molar-refractivity contribution in [1.29, 1.82) is 0 Å². The van der Waals surface area contributed by atoms with Gasteiger partial charge < -0.3 is 10.1 Å². The molecule has 0 atom stereocenters. The molecule has 0 bridgehead atoms. The second-order valence-electron chi connectivity index (χ2n) is 6.04. The molecule has 25 heavy (non-hydrogen) atoms. The van der Waals surface area contributed by atoms with Gasteiger partial charge in [0.05, 0.1) is 25.4 Å². The monoisotopic (exact) mass is 342 g/mol. The number of carbonyl (C=O) groups excluding carboxylic acids is 2. The fourth-order valence-corrected chi connectivity index (χ4v) is 2.86. The number of methoxy groups -OCH3 is 1. The fourth-order valence-electron chi connectivity index (χ4n) is 2.86. The number of amides is 2. The first kappa shape index (κ1) is 17.2. The lowest BCUT2D eigenvalue weighted by Gasteiger charge is -2.27. The van der Waals surface area contributed by atoms with E-state index in [4.69, 9.17) is 4.74 Å². The zero-order valence-electron chi connectivity index (χ0n) is 14.5. The Kier molecular flexibility index (Phi) is 5.14. The number of ether oxygens (including phenoxy) is 1. The van der Waals surface area contributed by atoms with Crippen LogP contribution in [0.5, 0.6) is 0 Å². The Balaban J connectivity index is 1.69. The molecule has 0 saturated carbocycles. The number of aromatic nitrogens is 2. The van der Waals surface area contributed by atoms with E-state index in [2.05, 4.69) is 10.4 Å². The van der Waals surface area contributed by atoms with Crippen LogP contribution in [0.4, 0.5) is 5.82 Å². The molecule has 1 aliphatic heterocycles. The lowest BCUT2D eigenvalue weighted by Crippen LogP contribution is -2.36. The van der Waals surface area contributed by atoms with Crippen molar-refractivity contribution in [3.8, 4) is 0 Å². The van der Waals surface area contributed by atoms with Crippen molar-refractivity contribution in [1.82, 2.24) is 15.1 Å². The first-order valence-electron chi connectivity index (χ1n) is 8.29. The van der Waals surface area contributed by atoms with Crippen molar-refractivity contribution in [3.05, 3.63) is 47.2 Å². The molecular weight excluding hydrogens is 320 g/mol. The first-order valence-corrected chi connectivity index (χ1v) is 8.29. The van der Waals surface area contributed by atoms with Crippen molar-refractivity contribution in [2.75, 3.05) is 25.2 Å². The minimum absolute atomic E-state index is 0.0915. The van der Waals surface area contributed by atoms with Crippen LogP contribution < -0.4 is 10.2 Å². The second kappa shape index (κ2) is 7.48. The summed E-state index contributed by atoms with van der Waals surface area (Å²) >= 11 is 0. The van der Waals surface area contributed by atoms with E-state index in [1.54, 1.807) is 24.1 Å². The molecule has 3 rings (SSSR count). The molecule has 1 N–H and O–H groups in total. The van der Waals surface area contributed by atoms with E-state index < -0.39 is 0 Å². The van der Waals surface area contributed by atoms with Crippen molar-refractivity contribution < 1.29 is 14.3 Å². The summed E-state index contributed by atoms with van der Waals surface area (Å²) < 4.78 is 6.78. The molecule has 2 aromatic rings.